The van der Waals surface area contributed by atoms with Crippen molar-refractivity contribution in [2.45, 2.75) is 29.5 Å². The zero-order chi connectivity index (χ0) is 20.3. The van der Waals surface area contributed by atoms with E-state index >= 15 is 0 Å². The third-order valence-corrected chi connectivity index (χ3v) is 7.92. The Bertz CT molecular complexity index is 927. The normalized spacial score (nSPS) is 17.2. The van der Waals surface area contributed by atoms with Crippen LogP contribution in [0.2, 0.25) is 0 Å². The van der Waals surface area contributed by atoms with Gasteiger partial charge in [0.2, 0.25) is 25.2 Å². The molecule has 0 radical (unpaired) electrons. The van der Waals surface area contributed by atoms with Crippen LogP contribution < -0.4 is 10.2 Å². The number of carbonyl (C=O) groups is 1. The molecule has 0 aliphatic carbocycles. The highest BCUT2D eigenvalue weighted by Crippen LogP contribution is 2.27. The standard InChI is InChI=1S/C17H21FN4O4S2/c1-11(13-3-5-14(18)6-4-13)19-15(23)12(2)28(24,25)17-21-20-16(27-17)22-7-9-26-10-8-22/h3-6,11-12H,7-10H2,1-2H3,(H,19,23)/t11-,12-/m0/s1. The second-order valence-electron chi connectivity index (χ2n) is 6.42. The molecule has 0 saturated carbocycles. The molecule has 1 aliphatic heterocycles. The Balaban J connectivity index is 1.69. The molecule has 1 aromatic heterocycles. The summed E-state index contributed by atoms with van der Waals surface area (Å²) in [4.78, 5) is 14.4. The predicted molar refractivity (Wildman–Crippen MR) is 103 cm³/mol. The number of amides is 1. The van der Waals surface area contributed by atoms with Crippen molar-refractivity contribution in [1.82, 2.24) is 15.5 Å². The van der Waals surface area contributed by atoms with Gasteiger partial charge in [0, 0.05) is 13.1 Å². The maximum absolute atomic E-state index is 13.0. The molecular weight excluding hydrogens is 407 g/mol. The fourth-order valence-electron chi connectivity index (χ4n) is 2.66. The molecule has 0 spiro atoms. The third kappa shape index (κ3) is 4.47. The van der Waals surface area contributed by atoms with Gasteiger partial charge in [0.15, 0.2) is 0 Å². The minimum absolute atomic E-state index is 0.189. The summed E-state index contributed by atoms with van der Waals surface area (Å²) < 4.78 is 43.7. The molecule has 1 aliphatic rings. The van der Waals surface area contributed by atoms with E-state index in [1.54, 1.807) is 19.1 Å². The fourth-order valence-corrected chi connectivity index (χ4v) is 5.22. The average Bonchev–Trinajstić information content (AvgIpc) is 3.19. The summed E-state index contributed by atoms with van der Waals surface area (Å²) >= 11 is 0.947. The van der Waals surface area contributed by atoms with Crippen molar-refractivity contribution in [3.63, 3.8) is 0 Å². The number of hydrogen-bond donors (Lipinski definition) is 1. The van der Waals surface area contributed by atoms with E-state index in [2.05, 4.69) is 15.5 Å². The Hall–Kier alpha value is -2.11. The van der Waals surface area contributed by atoms with Gasteiger partial charge in [-0.15, -0.1) is 10.2 Å². The van der Waals surface area contributed by atoms with Gasteiger partial charge in [0.1, 0.15) is 11.1 Å². The number of ether oxygens (including phenoxy) is 1. The lowest BCUT2D eigenvalue weighted by Crippen LogP contribution is -2.39. The van der Waals surface area contributed by atoms with Crippen LogP contribution in [0.15, 0.2) is 28.6 Å². The van der Waals surface area contributed by atoms with Crippen LogP contribution in [0.1, 0.15) is 25.5 Å². The summed E-state index contributed by atoms with van der Waals surface area (Å²) in [5.41, 5.74) is 0.671. The highest BCUT2D eigenvalue weighted by molar-refractivity contribution is 7.94. The van der Waals surface area contributed by atoms with Crippen LogP contribution >= 0.6 is 11.3 Å². The lowest BCUT2D eigenvalue weighted by molar-refractivity contribution is -0.121. The molecule has 1 N–H and O–H groups in total. The van der Waals surface area contributed by atoms with E-state index in [1.165, 1.54) is 19.1 Å². The Labute approximate surface area is 166 Å². The van der Waals surface area contributed by atoms with Crippen LogP contribution in [0.5, 0.6) is 0 Å². The number of anilines is 1. The maximum Gasteiger partial charge on any atom is 0.239 e. The van der Waals surface area contributed by atoms with Crippen LogP contribution in [-0.4, -0.2) is 56.1 Å². The molecule has 1 fully saturated rings. The minimum Gasteiger partial charge on any atom is -0.378 e. The van der Waals surface area contributed by atoms with Crippen LogP contribution in [0.4, 0.5) is 9.52 Å². The second kappa shape index (κ2) is 8.50. The molecule has 3 rings (SSSR count). The molecule has 2 atom stereocenters. The number of carbonyl (C=O) groups excluding carboxylic acids is 1. The zero-order valence-corrected chi connectivity index (χ0v) is 17.1. The van der Waals surface area contributed by atoms with Gasteiger partial charge in [-0.05, 0) is 31.5 Å². The quantitative estimate of drug-likeness (QED) is 0.745. The number of halogens is 1. The van der Waals surface area contributed by atoms with E-state index in [0.717, 1.165) is 11.3 Å². The van der Waals surface area contributed by atoms with Crippen molar-refractivity contribution in [2.75, 3.05) is 31.2 Å². The van der Waals surface area contributed by atoms with Crippen molar-refractivity contribution in [1.29, 1.82) is 0 Å². The first-order valence-corrected chi connectivity index (χ1v) is 11.1. The number of sulfone groups is 1. The SMILES string of the molecule is C[C@H](NC(=O)[C@H](C)S(=O)(=O)c1nnc(N2CCOCC2)s1)c1ccc(F)cc1. The molecule has 8 nitrogen and oxygen atoms in total. The van der Waals surface area contributed by atoms with Gasteiger partial charge >= 0.3 is 0 Å². The highest BCUT2D eigenvalue weighted by Gasteiger charge is 2.34. The first kappa shape index (κ1) is 20.6. The first-order chi connectivity index (χ1) is 13.3. The molecule has 1 amide bonds. The Morgan fingerprint density at radius 3 is 2.50 bits per heavy atom. The lowest BCUT2D eigenvalue weighted by Gasteiger charge is -2.25. The molecule has 2 aromatic rings. The fraction of sp³-hybridized carbons (Fsp3) is 0.471. The van der Waals surface area contributed by atoms with Crippen molar-refractivity contribution in [3.8, 4) is 0 Å². The summed E-state index contributed by atoms with van der Waals surface area (Å²) in [6.07, 6.45) is 0. The summed E-state index contributed by atoms with van der Waals surface area (Å²) in [6.45, 7) is 5.33. The predicted octanol–water partition coefficient (Wildman–Crippen LogP) is 1.55. The first-order valence-electron chi connectivity index (χ1n) is 8.75. The van der Waals surface area contributed by atoms with Crippen molar-refractivity contribution < 1.29 is 22.3 Å². The van der Waals surface area contributed by atoms with Gasteiger partial charge in [-0.1, -0.05) is 23.5 Å². The zero-order valence-electron chi connectivity index (χ0n) is 15.5. The van der Waals surface area contributed by atoms with Gasteiger partial charge in [-0.25, -0.2) is 12.8 Å². The Morgan fingerprint density at radius 2 is 1.86 bits per heavy atom. The van der Waals surface area contributed by atoms with Crippen LogP contribution in [-0.2, 0) is 19.4 Å². The van der Waals surface area contributed by atoms with Crippen LogP contribution in [0.3, 0.4) is 0 Å². The molecule has 1 aromatic carbocycles. The number of rotatable bonds is 6. The Morgan fingerprint density at radius 1 is 1.21 bits per heavy atom. The molecule has 0 unspecified atom stereocenters. The summed E-state index contributed by atoms with van der Waals surface area (Å²) in [7, 11) is -3.98. The maximum atomic E-state index is 13.0. The highest BCUT2D eigenvalue weighted by atomic mass is 32.2. The number of nitrogens with one attached hydrogen (secondary N) is 1. The van der Waals surface area contributed by atoms with E-state index in [1.807, 2.05) is 4.90 Å². The van der Waals surface area contributed by atoms with Gasteiger partial charge in [-0.2, -0.15) is 0 Å². The molecule has 152 valence electrons. The van der Waals surface area contributed by atoms with Crippen molar-refractivity contribution in [3.05, 3.63) is 35.6 Å². The molecule has 11 heteroatoms. The summed E-state index contributed by atoms with van der Waals surface area (Å²) in [6, 6.07) is 5.18. The number of nitrogens with zero attached hydrogens (tertiary/aromatic N) is 3. The minimum atomic E-state index is -3.98. The molecular formula is C17H21FN4O4S2. The van der Waals surface area contributed by atoms with Crippen molar-refractivity contribution in [2.24, 2.45) is 0 Å². The smallest absolute Gasteiger partial charge is 0.239 e. The van der Waals surface area contributed by atoms with E-state index in [4.69, 9.17) is 4.74 Å². The van der Waals surface area contributed by atoms with E-state index in [-0.39, 0.29) is 10.2 Å². The van der Waals surface area contributed by atoms with Crippen molar-refractivity contribution >= 4 is 32.2 Å². The van der Waals surface area contributed by atoms with E-state index in [0.29, 0.717) is 37.0 Å². The number of hydrogen-bond acceptors (Lipinski definition) is 8. The average molecular weight is 429 g/mol. The second-order valence-corrected chi connectivity index (χ2v) is 9.82. The largest absolute Gasteiger partial charge is 0.378 e. The summed E-state index contributed by atoms with van der Waals surface area (Å²) in [5, 5.41) is 9.56. The Kier molecular flexibility index (Phi) is 6.26. The van der Waals surface area contributed by atoms with E-state index < -0.39 is 27.0 Å². The number of benzene rings is 1. The monoisotopic (exact) mass is 428 g/mol. The number of morpholine rings is 1. The lowest BCUT2D eigenvalue weighted by atomic mass is 10.1. The molecule has 1 saturated heterocycles. The van der Waals surface area contributed by atoms with Gasteiger partial charge in [-0.3, -0.25) is 4.79 Å². The van der Waals surface area contributed by atoms with Gasteiger partial charge in [0.05, 0.1) is 19.3 Å². The van der Waals surface area contributed by atoms with Crippen LogP contribution in [0, 0.1) is 5.82 Å². The number of aromatic nitrogens is 2. The topological polar surface area (TPSA) is 101 Å². The van der Waals surface area contributed by atoms with Gasteiger partial charge in [0.25, 0.3) is 0 Å². The molecule has 2 heterocycles. The van der Waals surface area contributed by atoms with Crippen LogP contribution in [0.25, 0.3) is 0 Å². The molecule has 28 heavy (non-hydrogen) atoms. The third-order valence-electron chi connectivity index (χ3n) is 4.48. The summed E-state index contributed by atoms with van der Waals surface area (Å²) in [5.74, 6) is -1.04. The van der Waals surface area contributed by atoms with E-state index in [9.17, 15) is 17.6 Å². The molecule has 0 bridgehead atoms. The van der Waals surface area contributed by atoms with Gasteiger partial charge < -0.3 is 15.0 Å².